The van der Waals surface area contributed by atoms with Crippen LogP contribution in [0.3, 0.4) is 0 Å². The van der Waals surface area contributed by atoms with E-state index in [0.29, 0.717) is 26.2 Å². The zero-order chi connectivity index (χ0) is 17.7. The standard InChI is InChI=1S/C18H23N3O3S/c22-19-18(16-7-3-1-4-8-16)15-25(23,24)21-13-11-20(12-14-21)17-9-5-2-6-10-17/h1-10,18-19,22H,11-15H2. The van der Waals surface area contributed by atoms with Crippen molar-refractivity contribution in [3.63, 3.8) is 0 Å². The maximum absolute atomic E-state index is 12.7. The third kappa shape index (κ3) is 4.38. The van der Waals surface area contributed by atoms with Gasteiger partial charge in [-0.15, -0.1) is 0 Å². The molecule has 1 fully saturated rings. The van der Waals surface area contributed by atoms with Crippen molar-refractivity contribution >= 4 is 15.7 Å². The molecule has 2 aromatic rings. The quantitative estimate of drug-likeness (QED) is 0.769. The van der Waals surface area contributed by atoms with Crippen LogP contribution in [0.5, 0.6) is 0 Å². The van der Waals surface area contributed by atoms with Gasteiger partial charge in [-0.2, -0.15) is 9.79 Å². The number of rotatable bonds is 6. The van der Waals surface area contributed by atoms with Crippen LogP contribution in [0, 0.1) is 0 Å². The molecule has 1 saturated heterocycles. The Balaban J connectivity index is 1.63. The van der Waals surface area contributed by atoms with Crippen molar-refractivity contribution in [1.29, 1.82) is 0 Å². The van der Waals surface area contributed by atoms with Gasteiger partial charge in [0.25, 0.3) is 0 Å². The molecule has 1 aliphatic heterocycles. The molecule has 0 aromatic heterocycles. The molecule has 2 aromatic carbocycles. The number of nitrogens with zero attached hydrogens (tertiary/aromatic N) is 2. The lowest BCUT2D eigenvalue weighted by Gasteiger charge is -2.36. The predicted octanol–water partition coefficient (Wildman–Crippen LogP) is 1.86. The van der Waals surface area contributed by atoms with Crippen LogP contribution in [-0.2, 0) is 10.0 Å². The minimum atomic E-state index is -3.46. The van der Waals surface area contributed by atoms with Crippen LogP contribution in [0.15, 0.2) is 60.7 Å². The van der Waals surface area contributed by atoms with E-state index in [1.54, 1.807) is 12.1 Å². The van der Waals surface area contributed by atoms with Crippen LogP contribution in [0.1, 0.15) is 11.6 Å². The van der Waals surface area contributed by atoms with Crippen molar-refractivity contribution in [3.8, 4) is 0 Å². The van der Waals surface area contributed by atoms with Crippen molar-refractivity contribution in [3.05, 3.63) is 66.2 Å². The number of hydrogen-bond donors (Lipinski definition) is 2. The molecule has 7 heteroatoms. The van der Waals surface area contributed by atoms with E-state index >= 15 is 0 Å². The van der Waals surface area contributed by atoms with Gasteiger partial charge in [0.15, 0.2) is 0 Å². The number of anilines is 1. The number of para-hydroxylation sites is 1. The van der Waals surface area contributed by atoms with Crippen LogP contribution in [0.4, 0.5) is 5.69 Å². The molecule has 1 atom stereocenters. The molecule has 0 spiro atoms. The summed E-state index contributed by atoms with van der Waals surface area (Å²) in [6.07, 6.45) is 0. The molecule has 1 aliphatic rings. The Bertz CT molecular complexity index is 761. The van der Waals surface area contributed by atoms with E-state index in [9.17, 15) is 13.6 Å². The first kappa shape index (κ1) is 17.9. The Hall–Kier alpha value is -1.93. The maximum Gasteiger partial charge on any atom is 0.216 e. The van der Waals surface area contributed by atoms with Crippen LogP contribution in [-0.4, -0.2) is 49.9 Å². The molecular formula is C18H23N3O3S. The predicted molar refractivity (Wildman–Crippen MR) is 98.1 cm³/mol. The van der Waals surface area contributed by atoms with Gasteiger partial charge in [0.2, 0.25) is 10.0 Å². The second kappa shape index (κ2) is 7.97. The molecule has 0 radical (unpaired) electrons. The monoisotopic (exact) mass is 361 g/mol. The summed E-state index contributed by atoms with van der Waals surface area (Å²) in [5.41, 5.74) is 3.99. The van der Waals surface area contributed by atoms with Crippen LogP contribution >= 0.6 is 0 Å². The van der Waals surface area contributed by atoms with Gasteiger partial charge in [-0.3, -0.25) is 0 Å². The largest absolute Gasteiger partial charge is 0.369 e. The molecule has 1 heterocycles. The second-order valence-electron chi connectivity index (χ2n) is 6.09. The molecule has 0 aliphatic carbocycles. The first-order valence-electron chi connectivity index (χ1n) is 8.32. The Kier molecular flexibility index (Phi) is 5.70. The number of hydrogen-bond acceptors (Lipinski definition) is 5. The SMILES string of the molecule is O=S(=O)(CC(NO)c1ccccc1)N1CCN(c2ccccc2)CC1. The fourth-order valence-electron chi connectivity index (χ4n) is 3.07. The average Bonchev–Trinajstić information content (AvgIpc) is 2.67. The molecule has 3 rings (SSSR count). The van der Waals surface area contributed by atoms with Crippen LogP contribution in [0.25, 0.3) is 0 Å². The fourth-order valence-corrected chi connectivity index (χ4v) is 4.69. The zero-order valence-electron chi connectivity index (χ0n) is 14.0. The van der Waals surface area contributed by atoms with E-state index in [1.807, 2.05) is 48.5 Å². The summed E-state index contributed by atoms with van der Waals surface area (Å²) < 4.78 is 27.0. The van der Waals surface area contributed by atoms with Gasteiger partial charge in [-0.05, 0) is 17.7 Å². The second-order valence-corrected chi connectivity index (χ2v) is 8.11. The highest BCUT2D eigenvalue weighted by Crippen LogP contribution is 2.20. The van der Waals surface area contributed by atoms with Crippen LogP contribution in [0.2, 0.25) is 0 Å². The third-order valence-corrected chi connectivity index (χ3v) is 6.39. The molecule has 6 nitrogen and oxygen atoms in total. The zero-order valence-corrected chi connectivity index (χ0v) is 14.8. The van der Waals surface area contributed by atoms with E-state index in [1.165, 1.54) is 4.31 Å². The maximum atomic E-state index is 12.7. The molecule has 0 amide bonds. The van der Waals surface area contributed by atoms with E-state index in [0.717, 1.165) is 11.3 Å². The lowest BCUT2D eigenvalue weighted by molar-refractivity contribution is 0.133. The van der Waals surface area contributed by atoms with Gasteiger partial charge in [0, 0.05) is 31.9 Å². The third-order valence-electron chi connectivity index (χ3n) is 4.49. The molecule has 134 valence electrons. The first-order chi connectivity index (χ1) is 12.1. The Morgan fingerprint density at radius 1 is 0.920 bits per heavy atom. The van der Waals surface area contributed by atoms with Gasteiger partial charge in [-0.25, -0.2) is 8.42 Å². The van der Waals surface area contributed by atoms with E-state index in [4.69, 9.17) is 0 Å². The molecule has 0 saturated carbocycles. The summed E-state index contributed by atoms with van der Waals surface area (Å²) in [6.45, 7) is 2.21. The lowest BCUT2D eigenvalue weighted by atomic mass is 10.1. The van der Waals surface area contributed by atoms with Crippen molar-refractivity contribution in [2.75, 3.05) is 36.8 Å². The van der Waals surface area contributed by atoms with Crippen molar-refractivity contribution in [1.82, 2.24) is 9.79 Å². The van der Waals surface area contributed by atoms with E-state index in [-0.39, 0.29) is 5.75 Å². The minimum absolute atomic E-state index is 0.168. The summed E-state index contributed by atoms with van der Waals surface area (Å²) in [4.78, 5) is 2.19. The minimum Gasteiger partial charge on any atom is -0.369 e. The summed E-state index contributed by atoms with van der Waals surface area (Å²) in [5, 5.41) is 9.39. The van der Waals surface area contributed by atoms with Gasteiger partial charge in [0.05, 0.1) is 11.8 Å². The van der Waals surface area contributed by atoms with Crippen LogP contribution < -0.4 is 10.4 Å². The smallest absolute Gasteiger partial charge is 0.216 e. The molecule has 1 unspecified atom stereocenters. The molecular weight excluding hydrogens is 338 g/mol. The average molecular weight is 361 g/mol. The summed E-state index contributed by atoms with van der Waals surface area (Å²) in [6, 6.07) is 18.5. The van der Waals surface area contributed by atoms with Crippen molar-refractivity contribution < 1.29 is 13.6 Å². The van der Waals surface area contributed by atoms with Crippen molar-refractivity contribution in [2.24, 2.45) is 0 Å². The summed E-state index contributed by atoms with van der Waals surface area (Å²) >= 11 is 0. The summed E-state index contributed by atoms with van der Waals surface area (Å²) in [7, 11) is -3.46. The Morgan fingerprint density at radius 2 is 1.48 bits per heavy atom. The van der Waals surface area contributed by atoms with E-state index < -0.39 is 16.1 Å². The van der Waals surface area contributed by atoms with E-state index in [2.05, 4.69) is 10.4 Å². The Labute approximate surface area is 148 Å². The van der Waals surface area contributed by atoms with Gasteiger partial charge in [-0.1, -0.05) is 48.5 Å². The van der Waals surface area contributed by atoms with Gasteiger partial charge >= 0.3 is 0 Å². The van der Waals surface area contributed by atoms with Gasteiger partial charge < -0.3 is 10.1 Å². The number of hydroxylamine groups is 1. The first-order valence-corrected chi connectivity index (χ1v) is 9.93. The highest BCUT2D eigenvalue weighted by molar-refractivity contribution is 7.89. The number of sulfonamides is 1. The highest BCUT2D eigenvalue weighted by atomic mass is 32.2. The lowest BCUT2D eigenvalue weighted by Crippen LogP contribution is -2.50. The number of nitrogens with one attached hydrogen (secondary N) is 1. The summed E-state index contributed by atoms with van der Waals surface area (Å²) in [5.74, 6) is -0.168. The topological polar surface area (TPSA) is 72.9 Å². The fraction of sp³-hybridized carbons (Fsp3) is 0.333. The molecule has 0 bridgehead atoms. The Morgan fingerprint density at radius 3 is 2.04 bits per heavy atom. The normalized spacial score (nSPS) is 17.4. The van der Waals surface area contributed by atoms with Gasteiger partial charge in [0.1, 0.15) is 0 Å². The molecule has 2 N–H and O–H groups in total. The molecule has 25 heavy (non-hydrogen) atoms. The highest BCUT2D eigenvalue weighted by Gasteiger charge is 2.30. The number of benzene rings is 2. The van der Waals surface area contributed by atoms with Crippen molar-refractivity contribution in [2.45, 2.75) is 6.04 Å². The number of piperazine rings is 1.